The number of hydrogen-bond acceptors (Lipinski definition) is 1. The van der Waals surface area contributed by atoms with Gasteiger partial charge in [0.15, 0.2) is 0 Å². The molecule has 0 N–H and O–H groups in total. The highest BCUT2D eigenvalue weighted by molar-refractivity contribution is 8.00. The number of rotatable bonds is 8. The minimum Gasteiger partial charge on any atom is -0.195 e. The number of benzene rings is 2. The Morgan fingerprint density at radius 3 is 1.06 bits per heavy atom. The molecule has 0 heterocycles. The summed E-state index contributed by atoms with van der Waals surface area (Å²) in [5.41, 5.74) is -0.115. The minimum absolute atomic E-state index is 0.0577. The number of thioether (sulfide) groups is 1. The summed E-state index contributed by atoms with van der Waals surface area (Å²) in [5.74, 6) is -11.0. The minimum atomic E-state index is -6.13. The van der Waals surface area contributed by atoms with E-state index in [0.717, 1.165) is 0 Å². The van der Waals surface area contributed by atoms with E-state index in [2.05, 4.69) is 0 Å². The highest BCUT2D eigenvalue weighted by Crippen LogP contribution is 2.50. The molecule has 0 spiro atoms. The lowest BCUT2D eigenvalue weighted by Gasteiger charge is -2.34. The quantitative estimate of drug-likeness (QED) is 0.358. The van der Waals surface area contributed by atoms with Crippen LogP contribution in [0.5, 0.6) is 0 Å². The van der Waals surface area contributed by atoms with Crippen LogP contribution in [0.25, 0.3) is 0 Å². The zero-order valence-corrected chi connectivity index (χ0v) is 16.3. The van der Waals surface area contributed by atoms with Crippen LogP contribution < -0.4 is 0 Å². The van der Waals surface area contributed by atoms with Crippen molar-refractivity contribution in [2.45, 2.75) is 47.5 Å². The van der Waals surface area contributed by atoms with E-state index in [-0.39, 0.29) is 11.1 Å². The van der Waals surface area contributed by atoms with Crippen molar-refractivity contribution in [3.8, 4) is 0 Å². The van der Waals surface area contributed by atoms with E-state index in [1.165, 1.54) is 60.7 Å². The lowest BCUT2D eigenvalue weighted by Crippen LogP contribution is -2.51. The topological polar surface area (TPSA) is 0 Å². The highest BCUT2D eigenvalue weighted by Gasteiger charge is 2.67. The summed E-state index contributed by atoms with van der Waals surface area (Å²) in [6.07, 6.45) is -14.4. The summed E-state index contributed by atoms with van der Waals surface area (Å²) in [6.45, 7) is 0. The van der Waals surface area contributed by atoms with E-state index in [9.17, 15) is 43.9 Å². The molecule has 0 bridgehead atoms. The van der Waals surface area contributed by atoms with Gasteiger partial charge in [0.05, 0.1) is 10.5 Å². The van der Waals surface area contributed by atoms with Crippen molar-refractivity contribution in [3.63, 3.8) is 0 Å². The maximum absolute atomic E-state index is 14.2. The first-order valence-electron chi connectivity index (χ1n) is 8.78. The molecule has 2 aromatic carbocycles. The van der Waals surface area contributed by atoms with Crippen LogP contribution >= 0.6 is 11.8 Å². The van der Waals surface area contributed by atoms with E-state index < -0.39 is 59.3 Å². The molecule has 0 aromatic heterocycles. The zero-order valence-electron chi connectivity index (χ0n) is 15.5. The third kappa shape index (κ3) is 6.08. The van der Waals surface area contributed by atoms with Gasteiger partial charge in [-0.3, -0.25) is 0 Å². The van der Waals surface area contributed by atoms with Gasteiger partial charge in [-0.1, -0.05) is 60.7 Å². The molecule has 0 amide bonds. The second kappa shape index (κ2) is 9.30. The summed E-state index contributed by atoms with van der Waals surface area (Å²) >= 11 is -0.693. The maximum atomic E-state index is 14.2. The Balaban J connectivity index is 2.47. The summed E-state index contributed by atoms with van der Waals surface area (Å²) in [5, 5.41) is -5.81. The molecule has 0 aliphatic carbocycles. The van der Waals surface area contributed by atoms with E-state index in [1.807, 2.05) is 0 Å². The molecule has 0 aliphatic heterocycles. The van der Waals surface area contributed by atoms with Crippen molar-refractivity contribution in [2.24, 2.45) is 0 Å². The van der Waals surface area contributed by atoms with Gasteiger partial charge in [0.1, 0.15) is 0 Å². The SMILES string of the molecule is FC(F)(F)C(F)(F)C(Cc1ccccc1)SC(Cc1ccccc1)C(F)(F)C(F)(F)F. The molecule has 31 heavy (non-hydrogen) atoms. The van der Waals surface area contributed by atoms with Crippen molar-refractivity contribution in [1.29, 1.82) is 0 Å². The normalized spacial score (nSPS) is 15.5. The van der Waals surface area contributed by atoms with Crippen LogP contribution in [0.2, 0.25) is 0 Å². The van der Waals surface area contributed by atoms with E-state index in [0.29, 0.717) is 0 Å². The van der Waals surface area contributed by atoms with Gasteiger partial charge in [0.2, 0.25) is 0 Å². The van der Waals surface area contributed by atoms with E-state index in [4.69, 9.17) is 0 Å². The van der Waals surface area contributed by atoms with Crippen molar-refractivity contribution in [1.82, 2.24) is 0 Å². The Labute approximate surface area is 175 Å². The first-order chi connectivity index (χ1) is 14.2. The summed E-state index contributed by atoms with van der Waals surface area (Å²) in [6, 6.07) is 13.0. The predicted octanol–water partition coefficient (Wildman–Crippen LogP) is 7.34. The van der Waals surface area contributed by atoms with Gasteiger partial charge < -0.3 is 0 Å². The Morgan fingerprint density at radius 1 is 0.516 bits per heavy atom. The number of hydrogen-bond donors (Lipinski definition) is 0. The lowest BCUT2D eigenvalue weighted by molar-refractivity contribution is -0.284. The average Bonchev–Trinajstić information content (AvgIpc) is 2.66. The fraction of sp³-hybridized carbons (Fsp3) is 0.400. The van der Waals surface area contributed by atoms with Gasteiger partial charge in [0, 0.05) is 0 Å². The van der Waals surface area contributed by atoms with Crippen molar-refractivity contribution in [2.75, 3.05) is 0 Å². The third-order valence-electron chi connectivity index (χ3n) is 4.42. The Morgan fingerprint density at radius 2 is 0.806 bits per heavy atom. The first kappa shape index (κ1) is 25.4. The molecule has 0 radical (unpaired) electrons. The Bertz CT molecular complexity index is 746. The standard InChI is InChI=1S/C20H16F10S/c21-17(22,19(25,26)27)15(11-13-7-3-1-4-8-13)31-16(18(23,24)20(28,29)30)12-14-9-5-2-6-10-14/h1-10,15-16H,11-12H2. The summed E-state index contributed by atoms with van der Waals surface area (Å²) in [7, 11) is 0. The van der Waals surface area contributed by atoms with Crippen LogP contribution in [0, 0.1) is 0 Å². The third-order valence-corrected chi connectivity index (χ3v) is 6.00. The van der Waals surface area contributed by atoms with Gasteiger partial charge >= 0.3 is 24.2 Å². The highest BCUT2D eigenvalue weighted by atomic mass is 32.2. The summed E-state index contributed by atoms with van der Waals surface area (Å²) in [4.78, 5) is 0. The largest absolute Gasteiger partial charge is 0.454 e. The zero-order chi connectivity index (χ0) is 23.5. The van der Waals surface area contributed by atoms with E-state index >= 15 is 0 Å². The Hall–Kier alpha value is -1.91. The number of halogens is 10. The smallest absolute Gasteiger partial charge is 0.195 e. The van der Waals surface area contributed by atoms with Crippen LogP contribution in [0.3, 0.4) is 0 Å². The van der Waals surface area contributed by atoms with Gasteiger partial charge in [-0.15, -0.1) is 11.8 Å². The second-order valence-corrected chi connectivity index (χ2v) is 8.14. The van der Waals surface area contributed by atoms with Gasteiger partial charge in [-0.25, -0.2) is 0 Å². The molecule has 0 saturated carbocycles. The van der Waals surface area contributed by atoms with Crippen LogP contribution in [0.1, 0.15) is 11.1 Å². The molecule has 11 heteroatoms. The van der Waals surface area contributed by atoms with Crippen molar-refractivity contribution >= 4 is 11.8 Å². The monoisotopic (exact) mass is 478 g/mol. The van der Waals surface area contributed by atoms with Gasteiger partial charge in [-0.2, -0.15) is 43.9 Å². The van der Waals surface area contributed by atoms with Crippen LogP contribution in [0.4, 0.5) is 43.9 Å². The molecule has 0 aliphatic rings. The average molecular weight is 478 g/mol. The van der Waals surface area contributed by atoms with Crippen molar-refractivity contribution in [3.05, 3.63) is 71.8 Å². The van der Waals surface area contributed by atoms with Gasteiger partial charge in [-0.05, 0) is 24.0 Å². The van der Waals surface area contributed by atoms with Crippen LogP contribution in [-0.2, 0) is 12.8 Å². The molecule has 0 saturated heterocycles. The fourth-order valence-electron chi connectivity index (χ4n) is 2.74. The molecule has 0 fully saturated rings. The first-order valence-corrected chi connectivity index (χ1v) is 9.73. The molecule has 2 aromatic rings. The van der Waals surface area contributed by atoms with Crippen LogP contribution in [0.15, 0.2) is 60.7 Å². The van der Waals surface area contributed by atoms with E-state index in [1.54, 1.807) is 0 Å². The molecular formula is C20H16F10S. The summed E-state index contributed by atoms with van der Waals surface area (Å²) < 4.78 is 135. The maximum Gasteiger partial charge on any atom is 0.454 e. The molecule has 2 atom stereocenters. The molecule has 2 rings (SSSR count). The Kier molecular flexibility index (Phi) is 7.60. The predicted molar refractivity (Wildman–Crippen MR) is 97.5 cm³/mol. The lowest BCUT2D eigenvalue weighted by atomic mass is 10.0. The molecule has 2 unspecified atom stereocenters. The molecule has 0 nitrogen and oxygen atoms in total. The fourth-order valence-corrected chi connectivity index (χ4v) is 4.33. The molecular weight excluding hydrogens is 462 g/mol. The van der Waals surface area contributed by atoms with Gasteiger partial charge in [0.25, 0.3) is 0 Å². The van der Waals surface area contributed by atoms with Crippen LogP contribution in [-0.4, -0.2) is 34.7 Å². The number of alkyl halides is 10. The van der Waals surface area contributed by atoms with Crippen molar-refractivity contribution < 1.29 is 43.9 Å². The molecule has 172 valence electrons. The second-order valence-electron chi connectivity index (χ2n) is 6.73.